The molecule has 3 N–H and O–H groups in total. The maximum atomic E-state index is 11.7. The SMILES string of the molecule is O=C(CNC(=O)c1ccccn1)NCCCN1CCNCC1. The van der Waals surface area contributed by atoms with E-state index in [1.165, 1.54) is 0 Å². The van der Waals surface area contributed by atoms with Gasteiger partial charge in [-0.25, -0.2) is 0 Å². The summed E-state index contributed by atoms with van der Waals surface area (Å²) in [6.07, 6.45) is 2.46. The topological polar surface area (TPSA) is 86.4 Å². The maximum absolute atomic E-state index is 11.7. The van der Waals surface area contributed by atoms with Crippen molar-refractivity contribution in [3.8, 4) is 0 Å². The predicted octanol–water partition coefficient (Wildman–Crippen LogP) is -0.777. The monoisotopic (exact) mass is 305 g/mol. The van der Waals surface area contributed by atoms with Crippen molar-refractivity contribution < 1.29 is 9.59 Å². The van der Waals surface area contributed by atoms with E-state index in [0.29, 0.717) is 12.2 Å². The number of nitrogens with zero attached hydrogens (tertiary/aromatic N) is 2. The molecule has 0 spiro atoms. The molecule has 1 saturated heterocycles. The summed E-state index contributed by atoms with van der Waals surface area (Å²) in [5.74, 6) is -0.513. The van der Waals surface area contributed by atoms with Crippen molar-refractivity contribution in [1.29, 1.82) is 0 Å². The van der Waals surface area contributed by atoms with E-state index in [4.69, 9.17) is 0 Å². The number of aromatic nitrogens is 1. The molecule has 1 fully saturated rings. The van der Waals surface area contributed by atoms with E-state index in [2.05, 4.69) is 25.8 Å². The lowest BCUT2D eigenvalue weighted by Gasteiger charge is -2.27. The summed E-state index contributed by atoms with van der Waals surface area (Å²) in [5, 5.41) is 8.68. The Balaban J connectivity index is 1.55. The van der Waals surface area contributed by atoms with Crippen LogP contribution >= 0.6 is 0 Å². The molecular weight excluding hydrogens is 282 g/mol. The highest BCUT2D eigenvalue weighted by molar-refractivity contribution is 5.94. The number of carbonyl (C=O) groups excluding carboxylic acids is 2. The highest BCUT2D eigenvalue weighted by Crippen LogP contribution is 1.94. The van der Waals surface area contributed by atoms with Crippen LogP contribution in [0.1, 0.15) is 16.9 Å². The zero-order chi connectivity index (χ0) is 15.6. The molecule has 2 heterocycles. The van der Waals surface area contributed by atoms with Crippen molar-refractivity contribution in [1.82, 2.24) is 25.8 Å². The predicted molar refractivity (Wildman–Crippen MR) is 83.5 cm³/mol. The van der Waals surface area contributed by atoms with Gasteiger partial charge in [-0.15, -0.1) is 0 Å². The summed E-state index contributed by atoms with van der Waals surface area (Å²) in [6, 6.07) is 5.08. The van der Waals surface area contributed by atoms with E-state index >= 15 is 0 Å². The Morgan fingerprint density at radius 3 is 2.77 bits per heavy atom. The van der Waals surface area contributed by atoms with Crippen LogP contribution in [0.2, 0.25) is 0 Å². The molecular formula is C15H23N5O2. The van der Waals surface area contributed by atoms with Gasteiger partial charge in [0.15, 0.2) is 0 Å². The summed E-state index contributed by atoms with van der Waals surface area (Å²) >= 11 is 0. The Morgan fingerprint density at radius 1 is 1.23 bits per heavy atom. The van der Waals surface area contributed by atoms with Gasteiger partial charge in [-0.1, -0.05) is 6.07 Å². The molecule has 0 radical (unpaired) electrons. The van der Waals surface area contributed by atoms with Crippen LogP contribution in [0, 0.1) is 0 Å². The average Bonchev–Trinajstić information content (AvgIpc) is 2.58. The van der Waals surface area contributed by atoms with Crippen molar-refractivity contribution in [2.24, 2.45) is 0 Å². The lowest BCUT2D eigenvalue weighted by Crippen LogP contribution is -2.44. The third kappa shape index (κ3) is 5.79. The molecule has 1 aliphatic rings. The van der Waals surface area contributed by atoms with Crippen LogP contribution in [0.5, 0.6) is 0 Å². The molecule has 0 aliphatic carbocycles. The molecule has 0 unspecified atom stereocenters. The largest absolute Gasteiger partial charge is 0.355 e. The normalized spacial score (nSPS) is 15.3. The van der Waals surface area contributed by atoms with Gasteiger partial charge in [0.2, 0.25) is 5.91 Å². The lowest BCUT2D eigenvalue weighted by atomic mass is 10.3. The van der Waals surface area contributed by atoms with Crippen LogP contribution in [0.4, 0.5) is 0 Å². The first-order chi connectivity index (χ1) is 10.8. The smallest absolute Gasteiger partial charge is 0.270 e. The molecule has 120 valence electrons. The molecule has 1 aromatic rings. The summed E-state index contributed by atoms with van der Waals surface area (Å²) in [7, 11) is 0. The van der Waals surface area contributed by atoms with E-state index in [1.807, 2.05) is 0 Å². The highest BCUT2D eigenvalue weighted by atomic mass is 16.2. The molecule has 22 heavy (non-hydrogen) atoms. The van der Waals surface area contributed by atoms with Crippen LogP contribution in [-0.4, -0.2) is 67.5 Å². The van der Waals surface area contributed by atoms with Crippen molar-refractivity contribution in [3.05, 3.63) is 30.1 Å². The van der Waals surface area contributed by atoms with E-state index in [1.54, 1.807) is 24.4 Å². The molecule has 0 aromatic carbocycles. The van der Waals surface area contributed by atoms with Crippen LogP contribution < -0.4 is 16.0 Å². The number of rotatable bonds is 7. The number of amides is 2. The van der Waals surface area contributed by atoms with Gasteiger partial charge in [0.1, 0.15) is 5.69 Å². The first-order valence-electron chi connectivity index (χ1n) is 7.65. The minimum atomic E-state index is -0.337. The number of hydrogen-bond acceptors (Lipinski definition) is 5. The fourth-order valence-corrected chi connectivity index (χ4v) is 2.28. The van der Waals surface area contributed by atoms with Gasteiger partial charge in [-0.3, -0.25) is 14.6 Å². The van der Waals surface area contributed by atoms with Gasteiger partial charge in [-0.2, -0.15) is 0 Å². The minimum Gasteiger partial charge on any atom is -0.355 e. The second kappa shape index (κ2) is 9.11. The Morgan fingerprint density at radius 2 is 2.05 bits per heavy atom. The zero-order valence-electron chi connectivity index (χ0n) is 12.7. The van der Waals surface area contributed by atoms with Crippen molar-refractivity contribution in [3.63, 3.8) is 0 Å². The molecule has 1 aliphatic heterocycles. The van der Waals surface area contributed by atoms with Gasteiger partial charge < -0.3 is 20.9 Å². The van der Waals surface area contributed by atoms with E-state index in [0.717, 1.165) is 39.1 Å². The molecule has 0 bridgehead atoms. The number of piperazine rings is 1. The van der Waals surface area contributed by atoms with Gasteiger partial charge in [0.05, 0.1) is 6.54 Å². The first kappa shape index (κ1) is 16.4. The molecule has 7 nitrogen and oxygen atoms in total. The van der Waals surface area contributed by atoms with E-state index in [-0.39, 0.29) is 18.4 Å². The summed E-state index contributed by atoms with van der Waals surface area (Å²) in [6.45, 7) is 5.79. The number of carbonyl (C=O) groups is 2. The van der Waals surface area contributed by atoms with Crippen molar-refractivity contribution in [2.45, 2.75) is 6.42 Å². The average molecular weight is 305 g/mol. The summed E-state index contributed by atoms with van der Waals surface area (Å²) in [4.78, 5) is 29.7. The molecule has 0 saturated carbocycles. The van der Waals surface area contributed by atoms with Gasteiger partial charge >= 0.3 is 0 Å². The summed E-state index contributed by atoms with van der Waals surface area (Å²) in [5.41, 5.74) is 0.314. The zero-order valence-corrected chi connectivity index (χ0v) is 12.7. The highest BCUT2D eigenvalue weighted by Gasteiger charge is 2.10. The third-order valence-corrected chi connectivity index (χ3v) is 3.49. The minimum absolute atomic E-state index is 0.0248. The Hall–Kier alpha value is -1.99. The van der Waals surface area contributed by atoms with E-state index < -0.39 is 0 Å². The molecule has 0 atom stereocenters. The Labute approximate surface area is 130 Å². The number of nitrogens with one attached hydrogen (secondary N) is 3. The van der Waals surface area contributed by atoms with Crippen LogP contribution in [0.3, 0.4) is 0 Å². The Bertz CT molecular complexity index is 474. The standard InChI is InChI=1S/C15H23N5O2/c21-14(12-19-15(22)13-4-1-2-5-17-13)18-6-3-9-20-10-7-16-8-11-20/h1-2,4-5,16H,3,6-12H2,(H,18,21)(H,19,22). The Kier molecular flexibility index (Phi) is 6.79. The van der Waals surface area contributed by atoms with Crippen LogP contribution in [0.25, 0.3) is 0 Å². The van der Waals surface area contributed by atoms with Crippen LogP contribution in [0.15, 0.2) is 24.4 Å². The molecule has 7 heteroatoms. The molecule has 2 rings (SSSR count). The fourth-order valence-electron chi connectivity index (χ4n) is 2.28. The van der Waals surface area contributed by atoms with Gasteiger partial charge in [-0.05, 0) is 25.1 Å². The van der Waals surface area contributed by atoms with Gasteiger partial charge in [0, 0.05) is 38.9 Å². The lowest BCUT2D eigenvalue weighted by molar-refractivity contribution is -0.120. The summed E-state index contributed by atoms with van der Waals surface area (Å²) < 4.78 is 0. The van der Waals surface area contributed by atoms with Crippen molar-refractivity contribution >= 4 is 11.8 Å². The number of pyridine rings is 1. The van der Waals surface area contributed by atoms with Gasteiger partial charge in [0.25, 0.3) is 5.91 Å². The first-order valence-corrected chi connectivity index (χ1v) is 7.65. The fraction of sp³-hybridized carbons (Fsp3) is 0.533. The van der Waals surface area contributed by atoms with Crippen LogP contribution in [-0.2, 0) is 4.79 Å². The number of hydrogen-bond donors (Lipinski definition) is 3. The second-order valence-corrected chi connectivity index (χ2v) is 5.19. The molecule has 1 aromatic heterocycles. The van der Waals surface area contributed by atoms with Crippen molar-refractivity contribution in [2.75, 3.05) is 45.8 Å². The van der Waals surface area contributed by atoms with E-state index in [9.17, 15) is 9.59 Å². The second-order valence-electron chi connectivity index (χ2n) is 5.19. The quantitative estimate of drug-likeness (QED) is 0.576. The maximum Gasteiger partial charge on any atom is 0.270 e. The molecule has 2 amide bonds. The third-order valence-electron chi connectivity index (χ3n) is 3.49.